The van der Waals surface area contributed by atoms with E-state index in [4.69, 9.17) is 14.8 Å². The van der Waals surface area contributed by atoms with Crippen molar-refractivity contribution >= 4 is 21.8 Å². The minimum absolute atomic E-state index is 0.334. The van der Waals surface area contributed by atoms with Gasteiger partial charge in [-0.25, -0.2) is 9.67 Å². The number of pyridine rings is 1. The first-order chi connectivity index (χ1) is 23.2. The maximum Gasteiger partial charge on any atom is 0.137 e. The van der Waals surface area contributed by atoms with E-state index in [0.29, 0.717) is 23.7 Å². The number of ether oxygens (including phenoxy) is 1. The monoisotopic (exact) mass is 636 g/mol. The van der Waals surface area contributed by atoms with Gasteiger partial charge in [0.25, 0.3) is 0 Å². The summed E-state index contributed by atoms with van der Waals surface area (Å²) in [5.41, 5.74) is 11.1. The Morgan fingerprint density at radius 1 is 0.854 bits per heavy atom. The highest BCUT2D eigenvalue weighted by atomic mass is 16.5. The van der Waals surface area contributed by atoms with Gasteiger partial charge in [-0.05, 0) is 104 Å². The number of rotatable bonds is 8. The molecule has 0 fully saturated rings. The fourth-order valence-corrected chi connectivity index (χ4v) is 8.15. The molecule has 0 radical (unpaired) electrons. The molecule has 0 saturated carbocycles. The molecule has 0 spiro atoms. The van der Waals surface area contributed by atoms with Gasteiger partial charge in [0.15, 0.2) is 0 Å². The number of hydrogen-bond donors (Lipinski definition) is 0. The van der Waals surface area contributed by atoms with Crippen LogP contribution in [0.3, 0.4) is 0 Å². The summed E-state index contributed by atoms with van der Waals surface area (Å²) in [7, 11) is 0. The largest absolute Gasteiger partial charge is 0.457 e. The minimum atomic E-state index is 0.334. The lowest BCUT2D eigenvalue weighted by Gasteiger charge is -2.33. The molecule has 5 nitrogen and oxygen atoms in total. The van der Waals surface area contributed by atoms with Gasteiger partial charge in [-0.2, -0.15) is 5.10 Å². The van der Waals surface area contributed by atoms with Crippen LogP contribution in [0.2, 0.25) is 0 Å². The summed E-state index contributed by atoms with van der Waals surface area (Å²) < 4.78 is 11.2. The lowest BCUT2D eigenvalue weighted by Crippen LogP contribution is -2.21. The molecular formula is C43H48N4O. The third kappa shape index (κ3) is 5.63. The van der Waals surface area contributed by atoms with Crippen LogP contribution in [0.15, 0.2) is 90.6 Å². The van der Waals surface area contributed by atoms with E-state index in [1.54, 1.807) is 0 Å². The first-order valence-electron chi connectivity index (χ1n) is 17.7. The zero-order chi connectivity index (χ0) is 33.7. The van der Waals surface area contributed by atoms with Crippen LogP contribution >= 0.6 is 0 Å². The van der Waals surface area contributed by atoms with E-state index in [-0.39, 0.29) is 0 Å². The van der Waals surface area contributed by atoms with Crippen molar-refractivity contribution in [1.82, 2.24) is 19.3 Å². The molecule has 0 N–H and O–H groups in total. The molecule has 0 aliphatic heterocycles. The standard InChI is InChI=1S/C43H48N4O/c1-9-37-43(42-29(7)19-28(6)20-30(42)8)38(10-2)47(45-37)32-22-31(26(3)4)23-34(24-32)48-33-15-16-36-35-13-11-12-14-39(35)46(40(36)25-33)41-21-27(5)17-18-44-41/h11-19,21-26,28,30,42H,9-10,20H2,1-8H3/t28?,30-,42+/m0/s1. The molecule has 246 valence electrons. The van der Waals surface area contributed by atoms with Crippen molar-refractivity contribution in [2.75, 3.05) is 0 Å². The average molecular weight is 637 g/mol. The zero-order valence-corrected chi connectivity index (χ0v) is 29.7. The van der Waals surface area contributed by atoms with Crippen molar-refractivity contribution in [2.24, 2.45) is 11.8 Å². The Hall–Kier alpha value is -4.64. The van der Waals surface area contributed by atoms with Gasteiger partial charge in [-0.15, -0.1) is 0 Å². The van der Waals surface area contributed by atoms with Crippen molar-refractivity contribution in [3.63, 3.8) is 0 Å². The van der Waals surface area contributed by atoms with E-state index in [9.17, 15) is 0 Å². The van der Waals surface area contributed by atoms with Crippen molar-refractivity contribution in [2.45, 2.75) is 86.5 Å². The second kappa shape index (κ2) is 12.8. The molecule has 0 saturated heterocycles. The molecule has 3 aromatic heterocycles. The maximum atomic E-state index is 6.77. The fourth-order valence-electron chi connectivity index (χ4n) is 8.15. The number of hydrogen-bond acceptors (Lipinski definition) is 3. The predicted octanol–water partition coefficient (Wildman–Crippen LogP) is 11.4. The smallest absolute Gasteiger partial charge is 0.137 e. The Morgan fingerprint density at radius 3 is 2.38 bits per heavy atom. The van der Waals surface area contributed by atoms with Crippen LogP contribution in [0.25, 0.3) is 33.3 Å². The van der Waals surface area contributed by atoms with Gasteiger partial charge in [-0.3, -0.25) is 4.57 Å². The number of aromatic nitrogens is 4. The number of nitrogens with zero attached hydrogens (tertiary/aromatic N) is 4. The molecule has 3 heterocycles. The van der Waals surface area contributed by atoms with E-state index in [1.165, 1.54) is 50.8 Å². The van der Waals surface area contributed by atoms with Crippen LogP contribution in [-0.2, 0) is 12.8 Å². The van der Waals surface area contributed by atoms with Gasteiger partial charge in [0.1, 0.15) is 17.3 Å². The van der Waals surface area contributed by atoms with Crippen LogP contribution in [0, 0.1) is 18.8 Å². The molecule has 5 heteroatoms. The zero-order valence-electron chi connectivity index (χ0n) is 29.7. The normalized spacial score (nSPS) is 18.2. The summed E-state index contributed by atoms with van der Waals surface area (Å²) in [6.45, 7) is 18.2. The summed E-state index contributed by atoms with van der Waals surface area (Å²) in [5, 5.41) is 7.70. The number of benzene rings is 3. The summed E-state index contributed by atoms with van der Waals surface area (Å²) in [4.78, 5) is 4.76. The SMILES string of the molecule is CCc1nn(-c2cc(Oc3ccc4c5ccccc5n(-c5cc(C)ccn5)c4c3)cc(C(C)C)c2)c(CC)c1[C@@H]1C(C)=CC(C)C[C@@H]1C. The highest BCUT2D eigenvalue weighted by molar-refractivity contribution is 6.09. The third-order valence-electron chi connectivity index (χ3n) is 10.3. The molecular weight excluding hydrogens is 589 g/mol. The maximum absolute atomic E-state index is 6.77. The quantitative estimate of drug-likeness (QED) is 0.156. The van der Waals surface area contributed by atoms with Crippen LogP contribution in [0.4, 0.5) is 0 Å². The Bertz CT molecular complexity index is 2160. The summed E-state index contributed by atoms with van der Waals surface area (Å²) in [6.07, 6.45) is 7.41. The van der Waals surface area contributed by atoms with Gasteiger partial charge in [0.05, 0.1) is 22.4 Å². The fraction of sp³-hybridized carbons (Fsp3) is 0.349. The molecule has 1 aliphatic carbocycles. The third-order valence-corrected chi connectivity index (χ3v) is 10.3. The predicted molar refractivity (Wildman–Crippen MR) is 199 cm³/mol. The summed E-state index contributed by atoms with van der Waals surface area (Å²) in [6, 6.07) is 25.8. The lowest BCUT2D eigenvalue weighted by atomic mass is 9.72. The van der Waals surface area contributed by atoms with E-state index in [0.717, 1.165) is 46.9 Å². The van der Waals surface area contributed by atoms with Gasteiger partial charge in [0.2, 0.25) is 0 Å². The van der Waals surface area contributed by atoms with Crippen molar-refractivity contribution in [1.29, 1.82) is 0 Å². The van der Waals surface area contributed by atoms with Gasteiger partial charge < -0.3 is 4.74 Å². The summed E-state index contributed by atoms with van der Waals surface area (Å²) >= 11 is 0. The molecule has 7 rings (SSSR count). The number of allylic oxidation sites excluding steroid dienone is 2. The number of fused-ring (bicyclic) bond motifs is 3. The molecule has 48 heavy (non-hydrogen) atoms. The second-order valence-electron chi connectivity index (χ2n) is 14.2. The Morgan fingerprint density at radius 2 is 1.65 bits per heavy atom. The Kier molecular flexibility index (Phi) is 8.49. The van der Waals surface area contributed by atoms with E-state index in [1.807, 2.05) is 12.3 Å². The topological polar surface area (TPSA) is 44.9 Å². The first-order valence-corrected chi connectivity index (χ1v) is 17.7. The van der Waals surface area contributed by atoms with Crippen LogP contribution in [0.1, 0.15) is 94.8 Å². The highest BCUT2D eigenvalue weighted by Crippen LogP contribution is 2.44. The first kappa shape index (κ1) is 31.9. The highest BCUT2D eigenvalue weighted by Gasteiger charge is 2.32. The van der Waals surface area contributed by atoms with E-state index < -0.39 is 0 Å². The van der Waals surface area contributed by atoms with Crippen molar-refractivity contribution in [3.05, 3.63) is 119 Å². The second-order valence-corrected chi connectivity index (χ2v) is 14.2. The molecule has 3 aromatic carbocycles. The molecule has 0 amide bonds. The molecule has 0 bridgehead atoms. The van der Waals surface area contributed by atoms with E-state index >= 15 is 0 Å². The van der Waals surface area contributed by atoms with Crippen LogP contribution in [-0.4, -0.2) is 19.3 Å². The Balaban J connectivity index is 1.34. The average Bonchev–Trinajstić information content (AvgIpc) is 3.59. The lowest BCUT2D eigenvalue weighted by molar-refractivity contribution is 0.389. The van der Waals surface area contributed by atoms with E-state index in [2.05, 4.69) is 137 Å². The molecule has 6 aromatic rings. The van der Waals surface area contributed by atoms with Crippen molar-refractivity contribution < 1.29 is 4.74 Å². The van der Waals surface area contributed by atoms with Gasteiger partial charge in [0, 0.05) is 46.3 Å². The number of aryl methyl sites for hydroxylation is 2. The number of para-hydroxylation sites is 1. The molecule has 3 atom stereocenters. The van der Waals surface area contributed by atoms with Gasteiger partial charge in [-0.1, -0.05) is 71.4 Å². The van der Waals surface area contributed by atoms with Crippen LogP contribution in [0.5, 0.6) is 11.5 Å². The van der Waals surface area contributed by atoms with Crippen LogP contribution < -0.4 is 4.74 Å². The Labute approximate surface area is 285 Å². The van der Waals surface area contributed by atoms with Gasteiger partial charge >= 0.3 is 0 Å². The minimum Gasteiger partial charge on any atom is -0.457 e. The van der Waals surface area contributed by atoms with Crippen molar-refractivity contribution in [3.8, 4) is 23.0 Å². The summed E-state index contributed by atoms with van der Waals surface area (Å²) in [5.74, 6) is 4.47. The molecule has 1 unspecified atom stereocenters. The molecule has 1 aliphatic rings.